The third-order valence-corrected chi connectivity index (χ3v) is 5.43. The maximum absolute atomic E-state index is 14.2. The van der Waals surface area contributed by atoms with E-state index in [1.54, 1.807) is 0 Å². The highest BCUT2D eigenvalue weighted by atomic mass is 32.1. The Hall–Kier alpha value is -2.11. The number of thiazole rings is 1. The molecule has 0 radical (unpaired) electrons. The predicted molar refractivity (Wildman–Crippen MR) is 103 cm³/mol. The Morgan fingerprint density at radius 1 is 1.08 bits per heavy atom. The van der Waals surface area contributed by atoms with Crippen molar-refractivity contribution in [2.24, 2.45) is 11.1 Å². The van der Waals surface area contributed by atoms with Crippen molar-refractivity contribution >= 4 is 11.3 Å². The second-order valence-corrected chi connectivity index (χ2v) is 8.54. The molecule has 0 aliphatic rings. The lowest BCUT2D eigenvalue weighted by Crippen LogP contribution is -2.27. The number of halogens is 2. The summed E-state index contributed by atoms with van der Waals surface area (Å²) in [4.78, 5) is 5.62. The molecule has 0 amide bonds. The molecule has 0 aliphatic carbocycles. The zero-order chi connectivity index (χ0) is 18.9. The Morgan fingerprint density at radius 3 is 2.42 bits per heavy atom. The fraction of sp³-hybridized carbons (Fsp3) is 0.286. The van der Waals surface area contributed by atoms with Crippen molar-refractivity contribution in [3.05, 3.63) is 76.3 Å². The lowest BCUT2D eigenvalue weighted by atomic mass is 9.84. The van der Waals surface area contributed by atoms with Crippen LogP contribution >= 0.6 is 11.3 Å². The van der Waals surface area contributed by atoms with Crippen LogP contribution in [0.3, 0.4) is 0 Å². The van der Waals surface area contributed by atoms with E-state index in [9.17, 15) is 8.78 Å². The SMILES string of the molecule is CC(C)(C)C(N)c1nc(-c2cc(F)ccc2F)sc1Cc1ccccc1. The Morgan fingerprint density at radius 2 is 1.77 bits per heavy atom. The van der Waals surface area contributed by atoms with E-state index in [1.807, 2.05) is 51.1 Å². The minimum Gasteiger partial charge on any atom is -0.322 e. The molecule has 0 fully saturated rings. The molecule has 0 saturated carbocycles. The molecule has 0 bridgehead atoms. The van der Waals surface area contributed by atoms with Gasteiger partial charge >= 0.3 is 0 Å². The van der Waals surface area contributed by atoms with Gasteiger partial charge < -0.3 is 5.73 Å². The summed E-state index contributed by atoms with van der Waals surface area (Å²) in [6.45, 7) is 6.14. The zero-order valence-corrected chi connectivity index (χ0v) is 15.9. The van der Waals surface area contributed by atoms with E-state index in [4.69, 9.17) is 5.73 Å². The summed E-state index contributed by atoms with van der Waals surface area (Å²) in [5.74, 6) is -0.967. The third kappa shape index (κ3) is 4.00. The first kappa shape index (κ1) is 18.7. The molecule has 2 N–H and O–H groups in total. The molecule has 2 aromatic carbocycles. The molecule has 5 heteroatoms. The molecule has 1 heterocycles. The molecule has 3 rings (SSSR count). The average Bonchev–Trinajstić information content (AvgIpc) is 2.99. The van der Waals surface area contributed by atoms with Crippen LogP contribution in [0.15, 0.2) is 48.5 Å². The molecular weight excluding hydrogens is 350 g/mol. The summed E-state index contributed by atoms with van der Waals surface area (Å²) in [5, 5.41) is 0.461. The van der Waals surface area contributed by atoms with Crippen LogP contribution in [0.5, 0.6) is 0 Å². The van der Waals surface area contributed by atoms with Gasteiger partial charge in [0.25, 0.3) is 0 Å². The second kappa shape index (κ2) is 7.25. The van der Waals surface area contributed by atoms with Crippen molar-refractivity contribution in [3.8, 4) is 10.6 Å². The van der Waals surface area contributed by atoms with Crippen molar-refractivity contribution in [2.45, 2.75) is 33.2 Å². The van der Waals surface area contributed by atoms with E-state index in [0.717, 1.165) is 28.3 Å². The van der Waals surface area contributed by atoms with Gasteiger partial charge in [-0.25, -0.2) is 13.8 Å². The Balaban J connectivity index is 2.09. The predicted octanol–water partition coefficient (Wildman–Crippen LogP) is 5.73. The minimum absolute atomic E-state index is 0.177. The first-order valence-corrected chi connectivity index (χ1v) is 9.32. The molecular formula is C21H22F2N2S. The highest BCUT2D eigenvalue weighted by Gasteiger charge is 2.28. The smallest absolute Gasteiger partial charge is 0.133 e. The van der Waals surface area contributed by atoms with Crippen LogP contribution in [-0.4, -0.2) is 4.98 Å². The van der Waals surface area contributed by atoms with Crippen LogP contribution in [0.4, 0.5) is 8.78 Å². The molecule has 1 unspecified atom stereocenters. The largest absolute Gasteiger partial charge is 0.322 e. The van der Waals surface area contributed by atoms with Crippen LogP contribution in [0.2, 0.25) is 0 Å². The molecule has 26 heavy (non-hydrogen) atoms. The van der Waals surface area contributed by atoms with Crippen LogP contribution < -0.4 is 5.73 Å². The molecule has 1 atom stereocenters. The van der Waals surface area contributed by atoms with Gasteiger partial charge in [0, 0.05) is 16.9 Å². The Labute approximate surface area is 156 Å². The molecule has 0 saturated heterocycles. The van der Waals surface area contributed by atoms with Gasteiger partial charge in [-0.1, -0.05) is 51.1 Å². The summed E-state index contributed by atoms with van der Waals surface area (Å²) in [7, 11) is 0. The molecule has 136 valence electrons. The van der Waals surface area contributed by atoms with Crippen LogP contribution in [0.1, 0.15) is 42.9 Å². The number of hydrogen-bond donors (Lipinski definition) is 1. The van der Waals surface area contributed by atoms with Gasteiger partial charge in [0.15, 0.2) is 0 Å². The first-order valence-electron chi connectivity index (χ1n) is 8.50. The normalized spacial score (nSPS) is 13.0. The van der Waals surface area contributed by atoms with E-state index < -0.39 is 11.6 Å². The summed E-state index contributed by atoms with van der Waals surface area (Å²) >= 11 is 1.38. The van der Waals surface area contributed by atoms with Gasteiger partial charge in [-0.2, -0.15) is 0 Å². The van der Waals surface area contributed by atoms with Crippen molar-refractivity contribution in [1.29, 1.82) is 0 Å². The molecule has 1 aromatic heterocycles. The number of aromatic nitrogens is 1. The lowest BCUT2D eigenvalue weighted by Gasteiger charge is -2.26. The highest BCUT2D eigenvalue weighted by Crippen LogP contribution is 2.38. The quantitative estimate of drug-likeness (QED) is 0.636. The van der Waals surface area contributed by atoms with Gasteiger partial charge in [-0.3, -0.25) is 0 Å². The monoisotopic (exact) mass is 372 g/mol. The number of nitrogens with zero attached hydrogens (tertiary/aromatic N) is 1. The third-order valence-electron chi connectivity index (χ3n) is 4.32. The summed E-state index contributed by atoms with van der Waals surface area (Å²) in [6.07, 6.45) is 0.661. The molecule has 0 aliphatic heterocycles. The number of hydrogen-bond acceptors (Lipinski definition) is 3. The van der Waals surface area contributed by atoms with E-state index >= 15 is 0 Å². The second-order valence-electron chi connectivity index (χ2n) is 7.46. The van der Waals surface area contributed by atoms with E-state index in [0.29, 0.717) is 11.4 Å². The lowest BCUT2D eigenvalue weighted by molar-refractivity contribution is 0.321. The standard InChI is InChI=1S/C21H22F2N2S/c1-21(2,3)19(24)18-17(11-13-7-5-4-6-8-13)26-20(25-18)15-12-14(22)9-10-16(15)23/h4-10,12,19H,11,24H2,1-3H3. The van der Waals surface area contributed by atoms with E-state index in [-0.39, 0.29) is 17.0 Å². The van der Waals surface area contributed by atoms with Gasteiger partial charge in [-0.05, 0) is 29.2 Å². The summed E-state index contributed by atoms with van der Waals surface area (Å²) in [5.41, 5.74) is 8.33. The van der Waals surface area contributed by atoms with Gasteiger partial charge in [0.05, 0.1) is 11.7 Å². The van der Waals surface area contributed by atoms with Gasteiger partial charge in [0.2, 0.25) is 0 Å². The van der Waals surface area contributed by atoms with Crippen molar-refractivity contribution in [3.63, 3.8) is 0 Å². The summed E-state index contributed by atoms with van der Waals surface area (Å²) < 4.78 is 27.8. The molecule has 3 aromatic rings. The molecule has 0 spiro atoms. The van der Waals surface area contributed by atoms with Crippen LogP contribution in [0.25, 0.3) is 10.6 Å². The van der Waals surface area contributed by atoms with Gasteiger partial charge in [0.1, 0.15) is 16.6 Å². The highest BCUT2D eigenvalue weighted by molar-refractivity contribution is 7.15. The van der Waals surface area contributed by atoms with E-state index in [1.165, 1.54) is 17.4 Å². The number of nitrogens with two attached hydrogens (primary N) is 1. The number of benzene rings is 2. The Kier molecular flexibility index (Phi) is 5.21. The average molecular weight is 372 g/mol. The fourth-order valence-corrected chi connectivity index (χ4v) is 3.86. The maximum Gasteiger partial charge on any atom is 0.133 e. The summed E-state index contributed by atoms with van der Waals surface area (Å²) in [6, 6.07) is 13.1. The topological polar surface area (TPSA) is 38.9 Å². The minimum atomic E-state index is -0.484. The van der Waals surface area contributed by atoms with Crippen molar-refractivity contribution in [1.82, 2.24) is 4.98 Å². The van der Waals surface area contributed by atoms with Crippen LogP contribution in [0, 0.1) is 17.0 Å². The van der Waals surface area contributed by atoms with E-state index in [2.05, 4.69) is 4.98 Å². The first-order chi connectivity index (χ1) is 12.3. The van der Waals surface area contributed by atoms with Gasteiger partial charge in [-0.15, -0.1) is 11.3 Å². The zero-order valence-electron chi connectivity index (χ0n) is 15.1. The molecule has 2 nitrogen and oxygen atoms in total. The van der Waals surface area contributed by atoms with Crippen molar-refractivity contribution in [2.75, 3.05) is 0 Å². The fourth-order valence-electron chi connectivity index (χ4n) is 2.70. The van der Waals surface area contributed by atoms with Crippen LogP contribution in [-0.2, 0) is 6.42 Å². The van der Waals surface area contributed by atoms with Crippen molar-refractivity contribution < 1.29 is 8.78 Å². The Bertz CT molecular complexity index is 898. The maximum atomic E-state index is 14.2. The number of rotatable bonds is 4.